The first-order chi connectivity index (χ1) is 31.5. The monoisotopic (exact) mass is 951 g/mol. The largest absolute Gasteiger partial charge is 0.494 e. The fourth-order valence-electron chi connectivity index (χ4n) is 9.30. The van der Waals surface area contributed by atoms with E-state index in [1.165, 1.54) is 11.1 Å². The smallest absolute Gasteiger partial charge is 0.416 e. The number of rotatable bonds is 14. The second-order valence-electron chi connectivity index (χ2n) is 17.4. The van der Waals surface area contributed by atoms with Gasteiger partial charge in [-0.3, -0.25) is 29.5 Å². The molecule has 3 saturated heterocycles. The normalized spacial score (nSPS) is 18.9. The maximum absolute atomic E-state index is 14.0. The maximum Gasteiger partial charge on any atom is 0.416 e. The van der Waals surface area contributed by atoms with Crippen LogP contribution in [-0.4, -0.2) is 127 Å². The quantitative estimate of drug-likeness (QED) is 0.0888. The number of hydrogen-bond donors (Lipinski definition) is 3. The van der Waals surface area contributed by atoms with Gasteiger partial charge in [0.25, 0.3) is 5.91 Å². The van der Waals surface area contributed by atoms with Crippen molar-refractivity contribution in [1.29, 1.82) is 0 Å². The number of alkyl halides is 3. The number of hydrogen-bond acceptors (Lipinski definition) is 13. The standard InChI is InChI=1S/C46H54ClF3N9O6P/c1-5-28-22-35(53-45-51-26-33(47)42(55-45)52-34-8-6-7-9-40(34)66(3,4)63)39(64-2)25-37(28)58-14-12-30(13-15-58)57-18-16-56(17-19-57)20-21-65-38-24-29(46(48,49)50)23-31-32(38)27-59(44(31)62)36-10-11-41(60)54-43(36)61/h6-9,22-26,30,36H,5,10-21,27H2,1-4H3,(H,54,60,61)(H2,51,52,53,55). The molecule has 0 saturated carbocycles. The van der Waals surface area contributed by atoms with Gasteiger partial charge < -0.3 is 34.5 Å². The van der Waals surface area contributed by atoms with Crippen LogP contribution in [-0.2, 0) is 33.3 Å². The second-order valence-corrected chi connectivity index (χ2v) is 21.0. The van der Waals surface area contributed by atoms with Gasteiger partial charge in [0.05, 0.1) is 36.8 Å². The molecule has 5 heterocycles. The number of aromatic nitrogens is 2. The van der Waals surface area contributed by atoms with E-state index in [4.69, 9.17) is 21.1 Å². The molecule has 1 unspecified atom stereocenters. The van der Waals surface area contributed by atoms with E-state index < -0.39 is 42.6 Å². The molecule has 66 heavy (non-hydrogen) atoms. The highest BCUT2D eigenvalue weighted by Crippen LogP contribution is 2.42. The zero-order valence-electron chi connectivity index (χ0n) is 37.3. The van der Waals surface area contributed by atoms with Crippen molar-refractivity contribution < 1.29 is 41.6 Å². The van der Waals surface area contributed by atoms with Crippen LogP contribution in [0.3, 0.4) is 0 Å². The third-order valence-corrected chi connectivity index (χ3v) is 14.7. The van der Waals surface area contributed by atoms with Crippen molar-refractivity contribution >= 4 is 70.6 Å². The van der Waals surface area contributed by atoms with Crippen molar-refractivity contribution in [3.63, 3.8) is 0 Å². The second kappa shape index (κ2) is 19.4. The minimum atomic E-state index is -4.71. The summed E-state index contributed by atoms with van der Waals surface area (Å²) in [5, 5.41) is 9.80. The Morgan fingerprint density at radius 1 is 0.939 bits per heavy atom. The van der Waals surface area contributed by atoms with Gasteiger partial charge in [0.1, 0.15) is 36.3 Å². The first-order valence-electron chi connectivity index (χ1n) is 22.2. The number of nitrogens with zero attached hydrogens (tertiary/aromatic N) is 6. The van der Waals surface area contributed by atoms with Gasteiger partial charge in [-0.15, -0.1) is 0 Å². The number of aryl methyl sites for hydroxylation is 1. The van der Waals surface area contributed by atoms with E-state index >= 15 is 0 Å². The van der Waals surface area contributed by atoms with E-state index in [1.807, 2.05) is 24.3 Å². The van der Waals surface area contributed by atoms with Crippen molar-refractivity contribution in [3.05, 3.63) is 82.0 Å². The van der Waals surface area contributed by atoms with E-state index in [-0.39, 0.29) is 37.3 Å². The van der Waals surface area contributed by atoms with E-state index in [2.05, 4.69) is 59.7 Å². The molecule has 3 fully saturated rings. The number of halogens is 4. The van der Waals surface area contributed by atoms with E-state index in [0.717, 1.165) is 81.9 Å². The summed E-state index contributed by atoms with van der Waals surface area (Å²) in [4.78, 5) is 55.1. The number of anilines is 5. The van der Waals surface area contributed by atoms with Crippen molar-refractivity contribution in [2.24, 2.45) is 0 Å². The van der Waals surface area contributed by atoms with E-state index in [0.29, 0.717) is 57.4 Å². The number of piperazine rings is 1. The van der Waals surface area contributed by atoms with Gasteiger partial charge in [-0.25, -0.2) is 4.98 Å². The number of methoxy groups -OCH3 is 1. The summed E-state index contributed by atoms with van der Waals surface area (Å²) in [5.41, 5.74) is 2.81. The maximum atomic E-state index is 14.0. The van der Waals surface area contributed by atoms with Crippen molar-refractivity contribution in [1.82, 2.24) is 30.0 Å². The molecule has 1 atom stereocenters. The van der Waals surface area contributed by atoms with Gasteiger partial charge in [-0.1, -0.05) is 30.7 Å². The summed E-state index contributed by atoms with van der Waals surface area (Å²) in [6.45, 7) is 11.1. The molecule has 4 aromatic rings. The minimum Gasteiger partial charge on any atom is -0.494 e. The lowest BCUT2D eigenvalue weighted by atomic mass is 9.99. The number of fused-ring (bicyclic) bond motifs is 1. The number of carbonyl (C=O) groups is 3. The van der Waals surface area contributed by atoms with Crippen molar-refractivity contribution in [2.45, 2.75) is 63.8 Å². The fourth-order valence-corrected chi connectivity index (χ4v) is 10.6. The van der Waals surface area contributed by atoms with Crippen LogP contribution in [0.2, 0.25) is 5.02 Å². The first kappa shape index (κ1) is 47.1. The number of piperidine rings is 2. The van der Waals surface area contributed by atoms with Crippen molar-refractivity contribution in [2.75, 3.05) is 88.4 Å². The molecule has 15 nitrogen and oxygen atoms in total. The zero-order chi connectivity index (χ0) is 46.9. The van der Waals surface area contributed by atoms with Gasteiger partial charge in [-0.05, 0) is 74.9 Å². The lowest BCUT2D eigenvalue weighted by Crippen LogP contribution is -2.53. The predicted molar refractivity (Wildman–Crippen MR) is 248 cm³/mol. The van der Waals surface area contributed by atoms with Crippen LogP contribution < -0.4 is 35.6 Å². The van der Waals surface area contributed by atoms with Crippen LogP contribution in [0.15, 0.2) is 54.7 Å². The Bertz CT molecular complexity index is 2550. The first-order valence-corrected chi connectivity index (χ1v) is 25.1. The van der Waals surface area contributed by atoms with E-state index in [9.17, 15) is 32.1 Å². The molecule has 0 aliphatic carbocycles. The summed E-state index contributed by atoms with van der Waals surface area (Å²) in [7, 11) is -0.955. The minimum absolute atomic E-state index is 0.0220. The lowest BCUT2D eigenvalue weighted by Gasteiger charge is -2.43. The summed E-state index contributed by atoms with van der Waals surface area (Å²) >= 11 is 6.52. The highest BCUT2D eigenvalue weighted by Gasteiger charge is 2.43. The van der Waals surface area contributed by atoms with Gasteiger partial charge >= 0.3 is 6.18 Å². The molecule has 0 spiro atoms. The van der Waals surface area contributed by atoms with Crippen LogP contribution in [0.25, 0.3) is 0 Å². The van der Waals surface area contributed by atoms with Gasteiger partial charge in [0.2, 0.25) is 17.8 Å². The van der Waals surface area contributed by atoms with E-state index in [1.54, 1.807) is 20.4 Å². The molecule has 352 valence electrons. The zero-order valence-corrected chi connectivity index (χ0v) is 39.0. The molecular weight excluding hydrogens is 898 g/mol. The summed E-state index contributed by atoms with van der Waals surface area (Å²) in [6, 6.07) is 12.7. The number of imide groups is 1. The SMILES string of the molecule is CCc1cc(Nc2ncc(Cl)c(Nc3ccccc3P(C)(C)=O)n2)c(OC)cc1N1CCC(N2CCN(CCOc3cc(C(F)(F)F)cc4c3CN(C3CCC(=O)NC3=O)C4=O)CC2)CC1. The summed E-state index contributed by atoms with van der Waals surface area (Å²) in [6.07, 6.45) is -0.307. The Morgan fingerprint density at radius 3 is 2.36 bits per heavy atom. The molecule has 8 rings (SSSR count). The molecule has 4 aliphatic rings. The molecule has 1 aromatic heterocycles. The molecule has 3 aromatic carbocycles. The average Bonchev–Trinajstić information content (AvgIpc) is 3.62. The number of carbonyl (C=O) groups excluding carboxylic acids is 3. The van der Waals surface area contributed by atoms with Gasteiger partial charge in [0.15, 0.2) is 5.82 Å². The Hall–Kier alpha value is -5.42. The number of benzene rings is 3. The summed E-state index contributed by atoms with van der Waals surface area (Å²) < 4.78 is 66.7. The molecule has 0 bridgehead atoms. The number of ether oxygens (including phenoxy) is 2. The topological polar surface area (TPSA) is 162 Å². The molecular formula is C46H54ClF3N9O6P. The van der Waals surface area contributed by atoms with Crippen LogP contribution >= 0.6 is 18.7 Å². The van der Waals surface area contributed by atoms with Crippen molar-refractivity contribution in [3.8, 4) is 11.5 Å². The Kier molecular flexibility index (Phi) is 13.9. The van der Waals surface area contributed by atoms with Gasteiger partial charge in [-0.2, -0.15) is 18.2 Å². The molecule has 3 N–H and O–H groups in total. The van der Waals surface area contributed by atoms with Crippen LogP contribution in [0.1, 0.15) is 59.7 Å². The molecule has 20 heteroatoms. The van der Waals surface area contributed by atoms with Crippen LogP contribution in [0.5, 0.6) is 11.5 Å². The highest BCUT2D eigenvalue weighted by atomic mass is 35.5. The molecule has 3 amide bonds. The molecule has 0 radical (unpaired) electrons. The number of amides is 3. The summed E-state index contributed by atoms with van der Waals surface area (Å²) in [5.74, 6) is -0.462. The Labute approximate surface area is 386 Å². The lowest BCUT2D eigenvalue weighted by molar-refractivity contribution is -0.138. The van der Waals surface area contributed by atoms with Gasteiger partial charge in [0, 0.05) is 86.5 Å². The third-order valence-electron chi connectivity index (χ3n) is 12.8. The predicted octanol–water partition coefficient (Wildman–Crippen LogP) is 6.88. The number of nitrogens with one attached hydrogen (secondary N) is 3. The highest BCUT2D eigenvalue weighted by molar-refractivity contribution is 7.70. The Morgan fingerprint density at radius 2 is 1.68 bits per heavy atom. The van der Waals surface area contributed by atoms with Crippen LogP contribution in [0.4, 0.5) is 42.0 Å². The molecule has 4 aliphatic heterocycles. The number of para-hydroxylation sites is 1. The van der Waals surface area contributed by atoms with Crippen LogP contribution in [0, 0.1) is 0 Å². The fraction of sp³-hybridized carbons (Fsp3) is 0.457. The average molecular weight is 952 g/mol. The third kappa shape index (κ3) is 10.3. The Balaban J connectivity index is 0.849.